The SMILES string of the molecule is O=C(NN=Cc1ccc(Br)o1)C(O)c1ccccc1. The summed E-state index contributed by atoms with van der Waals surface area (Å²) in [6, 6.07) is 12.0. The summed E-state index contributed by atoms with van der Waals surface area (Å²) in [6.07, 6.45) is 0.0992. The van der Waals surface area contributed by atoms with Gasteiger partial charge in [0.2, 0.25) is 0 Å². The molecule has 1 atom stereocenters. The number of hydrogen-bond acceptors (Lipinski definition) is 4. The molecule has 98 valence electrons. The predicted octanol–water partition coefficient (Wildman–Crippen LogP) is 2.23. The van der Waals surface area contributed by atoms with Crippen LogP contribution < -0.4 is 5.43 Å². The molecule has 2 aromatic rings. The van der Waals surface area contributed by atoms with Gasteiger partial charge in [-0.25, -0.2) is 5.43 Å². The smallest absolute Gasteiger partial charge is 0.273 e. The number of carbonyl (C=O) groups excluding carboxylic acids is 1. The van der Waals surface area contributed by atoms with Crippen molar-refractivity contribution in [1.82, 2.24) is 5.43 Å². The first kappa shape index (κ1) is 13.5. The maximum atomic E-state index is 11.6. The molecule has 0 radical (unpaired) electrons. The first-order valence-corrected chi connectivity index (χ1v) is 6.27. The third-order valence-corrected chi connectivity index (χ3v) is 2.75. The highest BCUT2D eigenvalue weighted by atomic mass is 79.9. The van der Waals surface area contributed by atoms with E-state index in [4.69, 9.17) is 4.42 Å². The number of nitrogens with one attached hydrogen (secondary N) is 1. The van der Waals surface area contributed by atoms with Gasteiger partial charge in [-0.15, -0.1) is 0 Å². The number of benzene rings is 1. The second-order valence-corrected chi connectivity index (χ2v) is 4.47. The molecular formula is C13H11BrN2O3. The van der Waals surface area contributed by atoms with E-state index >= 15 is 0 Å². The van der Waals surface area contributed by atoms with Gasteiger partial charge in [0.1, 0.15) is 5.76 Å². The van der Waals surface area contributed by atoms with Crippen molar-refractivity contribution in [2.24, 2.45) is 5.10 Å². The Bertz CT molecular complexity index is 581. The zero-order chi connectivity index (χ0) is 13.7. The molecule has 0 spiro atoms. The molecule has 1 unspecified atom stereocenters. The Balaban J connectivity index is 1.93. The number of furan rings is 1. The second kappa shape index (κ2) is 6.31. The Morgan fingerprint density at radius 3 is 2.68 bits per heavy atom. The van der Waals surface area contributed by atoms with E-state index in [0.29, 0.717) is 16.0 Å². The van der Waals surface area contributed by atoms with E-state index in [1.54, 1.807) is 42.5 Å². The highest BCUT2D eigenvalue weighted by Gasteiger charge is 2.15. The molecule has 19 heavy (non-hydrogen) atoms. The lowest BCUT2D eigenvalue weighted by molar-refractivity contribution is -0.129. The largest absolute Gasteiger partial charge is 0.448 e. The maximum Gasteiger partial charge on any atom is 0.273 e. The number of hydrazone groups is 1. The van der Waals surface area contributed by atoms with Crippen LogP contribution in [-0.2, 0) is 4.79 Å². The van der Waals surface area contributed by atoms with Crippen molar-refractivity contribution in [3.63, 3.8) is 0 Å². The summed E-state index contributed by atoms with van der Waals surface area (Å²) in [5.41, 5.74) is 2.75. The average Bonchev–Trinajstić information content (AvgIpc) is 2.84. The van der Waals surface area contributed by atoms with Crippen molar-refractivity contribution in [2.45, 2.75) is 6.10 Å². The Labute approximate surface area is 118 Å². The summed E-state index contributed by atoms with van der Waals surface area (Å²) in [7, 11) is 0. The van der Waals surface area contributed by atoms with Gasteiger partial charge in [-0.05, 0) is 33.6 Å². The standard InChI is InChI=1S/C13H11BrN2O3/c14-11-7-6-10(19-11)8-15-16-13(18)12(17)9-4-2-1-3-5-9/h1-8,12,17H,(H,16,18). The van der Waals surface area contributed by atoms with Crippen LogP contribution in [0.1, 0.15) is 17.4 Å². The molecule has 1 amide bonds. The quantitative estimate of drug-likeness (QED) is 0.669. The molecule has 6 heteroatoms. The van der Waals surface area contributed by atoms with Gasteiger partial charge < -0.3 is 9.52 Å². The van der Waals surface area contributed by atoms with E-state index in [1.807, 2.05) is 0 Å². The van der Waals surface area contributed by atoms with Gasteiger partial charge in [-0.1, -0.05) is 30.3 Å². The van der Waals surface area contributed by atoms with Crippen LogP contribution in [0.15, 0.2) is 56.7 Å². The summed E-state index contributed by atoms with van der Waals surface area (Å²) in [6.45, 7) is 0. The number of aliphatic hydroxyl groups excluding tert-OH is 1. The molecule has 0 fully saturated rings. The molecule has 0 saturated heterocycles. The number of amides is 1. The Morgan fingerprint density at radius 2 is 2.05 bits per heavy atom. The van der Waals surface area contributed by atoms with Crippen molar-refractivity contribution >= 4 is 28.1 Å². The first-order valence-electron chi connectivity index (χ1n) is 5.48. The van der Waals surface area contributed by atoms with Gasteiger partial charge in [0.05, 0.1) is 6.21 Å². The van der Waals surface area contributed by atoms with Crippen LogP contribution in [-0.4, -0.2) is 17.2 Å². The molecule has 0 bridgehead atoms. The van der Waals surface area contributed by atoms with Crippen LogP contribution in [0.4, 0.5) is 0 Å². The number of halogens is 1. The zero-order valence-corrected chi connectivity index (χ0v) is 11.4. The van der Waals surface area contributed by atoms with E-state index < -0.39 is 12.0 Å². The highest BCUT2D eigenvalue weighted by molar-refractivity contribution is 9.10. The van der Waals surface area contributed by atoms with Crippen molar-refractivity contribution in [1.29, 1.82) is 0 Å². The molecule has 1 aromatic heterocycles. The molecule has 2 N–H and O–H groups in total. The van der Waals surface area contributed by atoms with Crippen LogP contribution in [0.2, 0.25) is 0 Å². The fraction of sp³-hybridized carbons (Fsp3) is 0.0769. The first-order chi connectivity index (χ1) is 9.16. The summed E-state index contributed by atoms with van der Waals surface area (Å²) in [5, 5.41) is 13.5. The third-order valence-electron chi connectivity index (χ3n) is 2.32. The molecule has 1 aromatic carbocycles. The number of hydrogen-bond donors (Lipinski definition) is 2. The lowest BCUT2D eigenvalue weighted by Gasteiger charge is -2.08. The Hall–Kier alpha value is -1.92. The molecule has 0 aliphatic rings. The maximum absolute atomic E-state index is 11.6. The van der Waals surface area contributed by atoms with Crippen LogP contribution in [0, 0.1) is 0 Å². The fourth-order valence-corrected chi connectivity index (χ4v) is 1.72. The minimum Gasteiger partial charge on any atom is -0.448 e. The van der Waals surface area contributed by atoms with Gasteiger partial charge in [-0.2, -0.15) is 5.10 Å². The van der Waals surface area contributed by atoms with E-state index in [2.05, 4.69) is 26.5 Å². The van der Waals surface area contributed by atoms with E-state index in [9.17, 15) is 9.90 Å². The van der Waals surface area contributed by atoms with Crippen LogP contribution >= 0.6 is 15.9 Å². The topological polar surface area (TPSA) is 74.8 Å². The predicted molar refractivity (Wildman–Crippen MR) is 73.5 cm³/mol. The Morgan fingerprint density at radius 1 is 1.32 bits per heavy atom. The monoisotopic (exact) mass is 322 g/mol. The minimum atomic E-state index is -1.25. The molecule has 1 heterocycles. The number of nitrogens with zero attached hydrogens (tertiary/aromatic N) is 1. The lowest BCUT2D eigenvalue weighted by Crippen LogP contribution is -2.25. The van der Waals surface area contributed by atoms with Gasteiger partial charge in [0.15, 0.2) is 10.8 Å². The minimum absolute atomic E-state index is 0.487. The van der Waals surface area contributed by atoms with Crippen molar-refractivity contribution in [2.75, 3.05) is 0 Å². The van der Waals surface area contributed by atoms with Crippen LogP contribution in [0.3, 0.4) is 0 Å². The molecule has 2 rings (SSSR count). The lowest BCUT2D eigenvalue weighted by atomic mass is 10.1. The molecule has 0 saturated carbocycles. The fourth-order valence-electron chi connectivity index (χ4n) is 1.41. The van der Waals surface area contributed by atoms with Gasteiger partial charge >= 0.3 is 0 Å². The van der Waals surface area contributed by atoms with E-state index in [0.717, 1.165) is 0 Å². The second-order valence-electron chi connectivity index (χ2n) is 3.69. The zero-order valence-electron chi connectivity index (χ0n) is 9.79. The van der Waals surface area contributed by atoms with Gasteiger partial charge in [0, 0.05) is 0 Å². The number of carbonyl (C=O) groups is 1. The number of aliphatic hydroxyl groups is 1. The van der Waals surface area contributed by atoms with Gasteiger partial charge in [-0.3, -0.25) is 4.79 Å². The molecular weight excluding hydrogens is 312 g/mol. The van der Waals surface area contributed by atoms with Gasteiger partial charge in [0.25, 0.3) is 5.91 Å². The van der Waals surface area contributed by atoms with Crippen molar-refractivity contribution in [3.05, 3.63) is 58.5 Å². The summed E-state index contributed by atoms with van der Waals surface area (Å²) in [5.74, 6) is -0.116. The van der Waals surface area contributed by atoms with Crippen molar-refractivity contribution in [3.8, 4) is 0 Å². The molecule has 0 aliphatic heterocycles. The average molecular weight is 323 g/mol. The van der Waals surface area contributed by atoms with E-state index in [-0.39, 0.29) is 0 Å². The van der Waals surface area contributed by atoms with Crippen LogP contribution in [0.25, 0.3) is 0 Å². The van der Waals surface area contributed by atoms with Crippen LogP contribution in [0.5, 0.6) is 0 Å². The highest BCUT2D eigenvalue weighted by Crippen LogP contribution is 2.13. The Kier molecular flexibility index (Phi) is 4.48. The molecule has 5 nitrogen and oxygen atoms in total. The summed E-state index contributed by atoms with van der Waals surface area (Å²) < 4.78 is 5.74. The van der Waals surface area contributed by atoms with Crippen molar-refractivity contribution < 1.29 is 14.3 Å². The summed E-state index contributed by atoms with van der Waals surface area (Å²) in [4.78, 5) is 11.6. The normalized spacial score (nSPS) is 12.5. The number of rotatable bonds is 4. The molecule has 0 aliphatic carbocycles. The van der Waals surface area contributed by atoms with E-state index in [1.165, 1.54) is 6.21 Å². The third kappa shape index (κ3) is 3.77. The summed E-state index contributed by atoms with van der Waals surface area (Å²) >= 11 is 3.15.